The number of aromatic nitrogens is 2. The monoisotopic (exact) mass is 392 g/mol. The largest absolute Gasteiger partial charge is 0.491 e. The van der Waals surface area contributed by atoms with Crippen LogP contribution in [-0.2, 0) is 6.42 Å². The Hall–Kier alpha value is -2.75. The Morgan fingerprint density at radius 2 is 1.48 bits per heavy atom. The van der Waals surface area contributed by atoms with Crippen molar-refractivity contribution in [2.24, 2.45) is 0 Å². The van der Waals surface area contributed by atoms with Crippen LogP contribution in [0, 0.1) is 0 Å². The number of halogens is 1. The molecule has 0 saturated heterocycles. The second kappa shape index (κ2) is 10.7. The highest BCUT2D eigenvalue weighted by molar-refractivity contribution is 5.64. The first-order valence-electron chi connectivity index (χ1n) is 10.5. The minimum absolute atomic E-state index is 0.0994. The molecule has 0 aliphatic rings. The molecule has 0 bridgehead atoms. The maximum absolute atomic E-state index is 13.5. The number of aryl methyl sites for hydroxylation is 1. The van der Waals surface area contributed by atoms with Crippen molar-refractivity contribution in [3.63, 3.8) is 0 Å². The third-order valence-electron chi connectivity index (χ3n) is 4.90. The van der Waals surface area contributed by atoms with Crippen molar-refractivity contribution < 1.29 is 9.13 Å². The summed E-state index contributed by atoms with van der Waals surface area (Å²) in [4.78, 5) is 9.06. The van der Waals surface area contributed by atoms with Crippen molar-refractivity contribution in [1.82, 2.24) is 9.97 Å². The van der Waals surface area contributed by atoms with E-state index in [0.29, 0.717) is 12.2 Å². The SMILES string of the molecule is CCCCc1ccc(-c2ncc(-c3ccc(OCC(F)CCC)cc3)cn2)cc1. The fourth-order valence-electron chi connectivity index (χ4n) is 3.15. The Balaban J connectivity index is 1.62. The van der Waals surface area contributed by atoms with E-state index in [9.17, 15) is 4.39 Å². The van der Waals surface area contributed by atoms with Gasteiger partial charge in [0.2, 0.25) is 0 Å². The third kappa shape index (κ3) is 6.11. The lowest BCUT2D eigenvalue weighted by atomic mass is 10.1. The molecule has 0 spiro atoms. The van der Waals surface area contributed by atoms with Crippen molar-refractivity contribution in [3.8, 4) is 28.3 Å². The molecule has 3 aromatic rings. The average Bonchev–Trinajstić information content (AvgIpc) is 2.77. The van der Waals surface area contributed by atoms with Crippen LogP contribution < -0.4 is 4.74 Å². The number of alkyl halides is 1. The van der Waals surface area contributed by atoms with Crippen molar-refractivity contribution in [2.45, 2.75) is 52.1 Å². The third-order valence-corrected chi connectivity index (χ3v) is 4.90. The Morgan fingerprint density at radius 1 is 0.828 bits per heavy atom. The predicted molar refractivity (Wildman–Crippen MR) is 117 cm³/mol. The van der Waals surface area contributed by atoms with Crippen LogP contribution in [0.15, 0.2) is 60.9 Å². The lowest BCUT2D eigenvalue weighted by Gasteiger charge is -2.10. The van der Waals surface area contributed by atoms with Crippen LogP contribution in [0.25, 0.3) is 22.5 Å². The second-order valence-electron chi connectivity index (χ2n) is 7.32. The van der Waals surface area contributed by atoms with Gasteiger partial charge in [-0.3, -0.25) is 0 Å². The maximum Gasteiger partial charge on any atom is 0.159 e. The normalized spacial score (nSPS) is 12.0. The summed E-state index contributed by atoms with van der Waals surface area (Å²) in [5, 5.41) is 0. The lowest BCUT2D eigenvalue weighted by Crippen LogP contribution is -2.12. The van der Waals surface area contributed by atoms with Gasteiger partial charge in [0.1, 0.15) is 18.5 Å². The van der Waals surface area contributed by atoms with Gasteiger partial charge in [-0.2, -0.15) is 0 Å². The fraction of sp³-hybridized carbons (Fsp3) is 0.360. The van der Waals surface area contributed by atoms with Gasteiger partial charge in [-0.25, -0.2) is 14.4 Å². The molecule has 0 aliphatic heterocycles. The summed E-state index contributed by atoms with van der Waals surface area (Å²) < 4.78 is 19.1. The molecule has 0 saturated carbocycles. The first-order chi connectivity index (χ1) is 14.2. The molecular weight excluding hydrogens is 363 g/mol. The van der Waals surface area contributed by atoms with Gasteiger partial charge in [-0.1, -0.05) is 63.1 Å². The smallest absolute Gasteiger partial charge is 0.159 e. The van der Waals surface area contributed by atoms with Crippen molar-refractivity contribution >= 4 is 0 Å². The zero-order valence-corrected chi connectivity index (χ0v) is 17.3. The topological polar surface area (TPSA) is 35.0 Å². The Kier molecular flexibility index (Phi) is 7.74. The molecule has 1 heterocycles. The predicted octanol–water partition coefficient (Wildman–Crippen LogP) is 6.67. The molecule has 3 rings (SSSR count). The first-order valence-corrected chi connectivity index (χ1v) is 10.5. The van der Waals surface area contributed by atoms with E-state index in [0.717, 1.165) is 35.4 Å². The highest BCUT2D eigenvalue weighted by Gasteiger charge is 2.07. The van der Waals surface area contributed by atoms with Gasteiger partial charge in [-0.15, -0.1) is 0 Å². The van der Waals surface area contributed by atoms with Crippen molar-refractivity contribution in [1.29, 1.82) is 0 Å². The quantitative estimate of drug-likeness (QED) is 0.386. The van der Waals surface area contributed by atoms with E-state index in [1.807, 2.05) is 43.6 Å². The van der Waals surface area contributed by atoms with E-state index >= 15 is 0 Å². The summed E-state index contributed by atoms with van der Waals surface area (Å²) in [6.45, 7) is 4.27. The molecule has 2 aromatic carbocycles. The molecule has 0 amide bonds. The number of rotatable bonds is 10. The molecule has 1 atom stereocenters. The highest BCUT2D eigenvalue weighted by atomic mass is 19.1. The fourth-order valence-corrected chi connectivity index (χ4v) is 3.15. The Morgan fingerprint density at radius 3 is 2.10 bits per heavy atom. The summed E-state index contributed by atoms with van der Waals surface area (Å²) >= 11 is 0. The van der Waals surface area contributed by atoms with Gasteiger partial charge in [0, 0.05) is 23.5 Å². The summed E-state index contributed by atoms with van der Waals surface area (Å²) in [5.41, 5.74) is 4.31. The molecule has 0 fully saturated rings. The van der Waals surface area contributed by atoms with Crippen LogP contribution in [-0.4, -0.2) is 22.7 Å². The first kappa shape index (κ1) is 21.0. The minimum Gasteiger partial charge on any atom is -0.491 e. The zero-order valence-electron chi connectivity index (χ0n) is 17.3. The number of ether oxygens (including phenoxy) is 1. The summed E-state index contributed by atoms with van der Waals surface area (Å²) in [6, 6.07) is 16.1. The van der Waals surface area contributed by atoms with Crippen LogP contribution in [0.2, 0.25) is 0 Å². The maximum atomic E-state index is 13.5. The molecule has 0 N–H and O–H groups in total. The number of hydrogen-bond acceptors (Lipinski definition) is 3. The molecule has 3 nitrogen and oxygen atoms in total. The molecule has 152 valence electrons. The van der Waals surface area contributed by atoms with Crippen LogP contribution in [0.3, 0.4) is 0 Å². The Labute approximate surface area is 173 Å². The summed E-state index contributed by atoms with van der Waals surface area (Å²) in [7, 11) is 0. The van der Waals surface area contributed by atoms with Crippen molar-refractivity contribution in [2.75, 3.05) is 6.61 Å². The number of nitrogens with zero attached hydrogens (tertiary/aromatic N) is 2. The molecule has 0 radical (unpaired) electrons. The highest BCUT2D eigenvalue weighted by Crippen LogP contribution is 2.23. The summed E-state index contributed by atoms with van der Waals surface area (Å²) in [6.07, 6.45) is 7.63. The van der Waals surface area contributed by atoms with Gasteiger partial charge in [0.25, 0.3) is 0 Å². The van der Waals surface area contributed by atoms with E-state index < -0.39 is 6.17 Å². The van der Waals surface area contributed by atoms with Crippen LogP contribution in [0.5, 0.6) is 5.75 Å². The van der Waals surface area contributed by atoms with E-state index in [1.165, 1.54) is 18.4 Å². The van der Waals surface area contributed by atoms with E-state index in [-0.39, 0.29) is 6.61 Å². The van der Waals surface area contributed by atoms with Crippen LogP contribution >= 0.6 is 0 Å². The molecule has 4 heteroatoms. The minimum atomic E-state index is -0.915. The van der Waals surface area contributed by atoms with Gasteiger partial charge >= 0.3 is 0 Å². The second-order valence-corrected chi connectivity index (χ2v) is 7.32. The number of hydrogen-bond donors (Lipinski definition) is 0. The zero-order chi connectivity index (χ0) is 20.5. The molecule has 1 aromatic heterocycles. The van der Waals surface area contributed by atoms with Gasteiger partial charge < -0.3 is 4.74 Å². The van der Waals surface area contributed by atoms with Gasteiger partial charge in [0.15, 0.2) is 5.82 Å². The van der Waals surface area contributed by atoms with Gasteiger partial charge in [0.05, 0.1) is 0 Å². The summed E-state index contributed by atoms with van der Waals surface area (Å²) in [5.74, 6) is 1.40. The average molecular weight is 393 g/mol. The molecule has 1 unspecified atom stereocenters. The number of benzene rings is 2. The number of unbranched alkanes of at least 4 members (excludes halogenated alkanes) is 1. The molecule has 0 aliphatic carbocycles. The lowest BCUT2D eigenvalue weighted by molar-refractivity contribution is 0.186. The van der Waals surface area contributed by atoms with E-state index in [4.69, 9.17) is 4.74 Å². The Bertz CT molecular complexity index is 861. The van der Waals surface area contributed by atoms with Crippen LogP contribution in [0.1, 0.15) is 45.1 Å². The molecular formula is C25H29FN2O. The van der Waals surface area contributed by atoms with Crippen LogP contribution in [0.4, 0.5) is 4.39 Å². The molecule has 29 heavy (non-hydrogen) atoms. The van der Waals surface area contributed by atoms with Gasteiger partial charge in [-0.05, 0) is 42.5 Å². The van der Waals surface area contributed by atoms with E-state index in [2.05, 4.69) is 41.2 Å². The van der Waals surface area contributed by atoms with E-state index in [1.54, 1.807) is 0 Å². The standard InChI is InChI=1S/C25H29FN2O/c1-3-5-7-19-8-10-21(11-9-19)25-27-16-22(17-28-25)20-12-14-24(15-13-20)29-18-23(26)6-4-2/h8-17,23H,3-7,18H2,1-2H3. The van der Waals surface area contributed by atoms with Crippen molar-refractivity contribution in [3.05, 3.63) is 66.5 Å².